The van der Waals surface area contributed by atoms with Crippen LogP contribution in [0.4, 0.5) is 5.69 Å². The minimum atomic E-state index is -0.201. The van der Waals surface area contributed by atoms with Gasteiger partial charge in [-0.3, -0.25) is 9.59 Å². The van der Waals surface area contributed by atoms with Crippen LogP contribution < -0.4 is 15.4 Å². The van der Waals surface area contributed by atoms with Gasteiger partial charge >= 0.3 is 0 Å². The van der Waals surface area contributed by atoms with E-state index in [1.807, 2.05) is 19.9 Å². The zero-order valence-corrected chi connectivity index (χ0v) is 15.9. The largest absolute Gasteiger partial charge is 0.475 e. The fraction of sp³-hybridized carbons (Fsp3) is 0.381. The monoisotopic (exact) mass is 367 g/mol. The number of anilines is 1. The molecule has 0 spiro atoms. The zero-order chi connectivity index (χ0) is 19.4. The van der Waals surface area contributed by atoms with Crippen molar-refractivity contribution in [3.63, 3.8) is 0 Å². The molecule has 1 saturated carbocycles. The number of ether oxygens (including phenoxy) is 1. The van der Waals surface area contributed by atoms with Crippen molar-refractivity contribution < 1.29 is 14.3 Å². The van der Waals surface area contributed by atoms with Gasteiger partial charge in [-0.2, -0.15) is 0 Å². The average molecular weight is 367 g/mol. The van der Waals surface area contributed by atoms with Crippen LogP contribution in [0.3, 0.4) is 0 Å². The minimum absolute atomic E-state index is 0.0230. The highest BCUT2D eigenvalue weighted by molar-refractivity contribution is 5.98. The number of nitrogens with one attached hydrogen (secondary N) is 2. The van der Waals surface area contributed by atoms with Crippen LogP contribution >= 0.6 is 0 Å². The van der Waals surface area contributed by atoms with Crippen LogP contribution in [0, 0.1) is 11.8 Å². The van der Waals surface area contributed by atoms with E-state index >= 15 is 0 Å². The highest BCUT2D eigenvalue weighted by Gasteiger charge is 2.39. The van der Waals surface area contributed by atoms with E-state index in [9.17, 15) is 9.59 Å². The second-order valence-electron chi connectivity index (χ2n) is 7.24. The van der Waals surface area contributed by atoms with Crippen LogP contribution in [-0.4, -0.2) is 22.9 Å². The first-order valence-corrected chi connectivity index (χ1v) is 9.23. The molecule has 1 aliphatic rings. The minimum Gasteiger partial charge on any atom is -0.475 e. The van der Waals surface area contributed by atoms with Gasteiger partial charge in [-0.15, -0.1) is 0 Å². The Morgan fingerprint density at radius 1 is 1.26 bits per heavy atom. The third-order valence-corrected chi connectivity index (χ3v) is 4.45. The van der Waals surface area contributed by atoms with Crippen molar-refractivity contribution in [2.24, 2.45) is 11.8 Å². The molecular formula is C21H25N3O3. The molecule has 1 heterocycles. The summed E-state index contributed by atoms with van der Waals surface area (Å²) in [6, 6.07) is 10.6. The lowest BCUT2D eigenvalue weighted by atomic mass is 10.1. The lowest BCUT2D eigenvalue weighted by Crippen LogP contribution is -2.23. The number of hydrogen-bond donors (Lipinski definition) is 2. The molecule has 27 heavy (non-hydrogen) atoms. The van der Waals surface area contributed by atoms with Crippen molar-refractivity contribution in [1.29, 1.82) is 0 Å². The third-order valence-electron chi connectivity index (χ3n) is 4.45. The second kappa shape index (κ2) is 8.20. The molecular weight excluding hydrogens is 342 g/mol. The maximum absolute atomic E-state index is 12.4. The Hall–Kier alpha value is -2.89. The first-order valence-electron chi connectivity index (χ1n) is 9.23. The first kappa shape index (κ1) is 18.9. The van der Waals surface area contributed by atoms with Gasteiger partial charge in [0.25, 0.3) is 5.91 Å². The summed E-state index contributed by atoms with van der Waals surface area (Å²) in [5, 5.41) is 5.75. The fourth-order valence-electron chi connectivity index (χ4n) is 2.77. The Morgan fingerprint density at radius 3 is 2.67 bits per heavy atom. The van der Waals surface area contributed by atoms with Crippen molar-refractivity contribution in [3.05, 3.63) is 53.7 Å². The SMILES string of the molecule is CC(C)Oc1ccc(CNC(=O)c2cccc(NC(=O)C3CC3C)c2)cn1. The maximum atomic E-state index is 12.4. The molecule has 2 aromatic rings. The summed E-state index contributed by atoms with van der Waals surface area (Å²) in [7, 11) is 0. The van der Waals surface area contributed by atoms with Gasteiger partial charge in [0.05, 0.1) is 6.10 Å². The number of carbonyl (C=O) groups excluding carboxylic acids is 2. The van der Waals surface area contributed by atoms with Crippen LogP contribution in [0.15, 0.2) is 42.6 Å². The van der Waals surface area contributed by atoms with Gasteiger partial charge in [-0.05, 0) is 49.9 Å². The number of pyridine rings is 1. The standard InChI is InChI=1S/C21H25N3O3/c1-13(2)27-19-8-7-15(11-22-19)12-23-20(25)16-5-4-6-17(10-16)24-21(26)18-9-14(18)3/h4-8,10-11,13-14,18H,9,12H2,1-3H3,(H,23,25)(H,24,26). The molecule has 1 fully saturated rings. The van der Waals surface area contributed by atoms with E-state index in [0.717, 1.165) is 12.0 Å². The van der Waals surface area contributed by atoms with Gasteiger partial charge < -0.3 is 15.4 Å². The number of amides is 2. The molecule has 6 nitrogen and oxygen atoms in total. The topological polar surface area (TPSA) is 80.3 Å². The molecule has 1 aromatic heterocycles. The number of nitrogens with zero attached hydrogens (tertiary/aromatic N) is 1. The molecule has 2 amide bonds. The highest BCUT2D eigenvalue weighted by atomic mass is 16.5. The Balaban J connectivity index is 1.54. The van der Waals surface area contributed by atoms with Crippen molar-refractivity contribution in [2.45, 2.75) is 39.8 Å². The highest BCUT2D eigenvalue weighted by Crippen LogP contribution is 2.38. The van der Waals surface area contributed by atoms with Gasteiger partial charge in [-0.1, -0.05) is 19.1 Å². The fourth-order valence-corrected chi connectivity index (χ4v) is 2.77. The summed E-state index contributed by atoms with van der Waals surface area (Å²) in [5.41, 5.74) is 2.03. The summed E-state index contributed by atoms with van der Waals surface area (Å²) < 4.78 is 5.50. The molecule has 0 saturated heterocycles. The summed E-state index contributed by atoms with van der Waals surface area (Å²) in [5.74, 6) is 0.928. The Kier molecular flexibility index (Phi) is 5.74. The van der Waals surface area contributed by atoms with Crippen molar-refractivity contribution in [1.82, 2.24) is 10.3 Å². The van der Waals surface area contributed by atoms with Crippen LogP contribution in [-0.2, 0) is 11.3 Å². The lowest BCUT2D eigenvalue weighted by Gasteiger charge is -2.10. The number of carbonyl (C=O) groups is 2. The molecule has 3 rings (SSSR count). The normalized spacial score (nSPS) is 18.1. The quantitative estimate of drug-likeness (QED) is 0.786. The first-order chi connectivity index (χ1) is 12.9. The molecule has 6 heteroatoms. The number of benzene rings is 1. The van der Waals surface area contributed by atoms with E-state index < -0.39 is 0 Å². The molecule has 2 atom stereocenters. The van der Waals surface area contributed by atoms with E-state index in [-0.39, 0.29) is 23.8 Å². The predicted octanol–water partition coefficient (Wildman–Crippen LogP) is 3.39. The molecule has 2 unspecified atom stereocenters. The smallest absolute Gasteiger partial charge is 0.251 e. The van der Waals surface area contributed by atoms with Crippen LogP contribution in [0.1, 0.15) is 43.1 Å². The summed E-state index contributed by atoms with van der Waals surface area (Å²) in [6.07, 6.45) is 2.69. The van der Waals surface area contributed by atoms with E-state index in [1.54, 1.807) is 36.5 Å². The van der Waals surface area contributed by atoms with Gasteiger partial charge in [0.2, 0.25) is 11.8 Å². The Labute approximate surface area is 159 Å². The van der Waals surface area contributed by atoms with E-state index in [0.29, 0.717) is 29.6 Å². The van der Waals surface area contributed by atoms with E-state index in [4.69, 9.17) is 4.74 Å². The molecule has 142 valence electrons. The molecule has 1 aliphatic carbocycles. The summed E-state index contributed by atoms with van der Waals surface area (Å²) in [4.78, 5) is 28.7. The van der Waals surface area contributed by atoms with Crippen molar-refractivity contribution in [2.75, 3.05) is 5.32 Å². The average Bonchev–Trinajstić information content (AvgIpc) is 3.37. The van der Waals surface area contributed by atoms with Crippen molar-refractivity contribution >= 4 is 17.5 Å². The van der Waals surface area contributed by atoms with Crippen molar-refractivity contribution in [3.8, 4) is 5.88 Å². The number of aromatic nitrogens is 1. The zero-order valence-electron chi connectivity index (χ0n) is 15.9. The van der Waals surface area contributed by atoms with Gasteiger partial charge in [0.1, 0.15) is 0 Å². The van der Waals surface area contributed by atoms with E-state index in [2.05, 4.69) is 22.5 Å². The van der Waals surface area contributed by atoms with Crippen LogP contribution in [0.5, 0.6) is 5.88 Å². The number of hydrogen-bond acceptors (Lipinski definition) is 4. The van der Waals surface area contributed by atoms with Gasteiger partial charge in [0.15, 0.2) is 0 Å². The van der Waals surface area contributed by atoms with Crippen LogP contribution in [0.25, 0.3) is 0 Å². The summed E-state index contributed by atoms with van der Waals surface area (Å²) >= 11 is 0. The van der Waals surface area contributed by atoms with Crippen LogP contribution in [0.2, 0.25) is 0 Å². The molecule has 0 aliphatic heterocycles. The van der Waals surface area contributed by atoms with Gasteiger partial charge in [-0.25, -0.2) is 4.98 Å². The summed E-state index contributed by atoms with van der Waals surface area (Å²) in [6.45, 7) is 6.31. The third kappa shape index (κ3) is 5.29. The molecule has 1 aromatic carbocycles. The molecule has 0 bridgehead atoms. The lowest BCUT2D eigenvalue weighted by molar-refractivity contribution is -0.117. The van der Waals surface area contributed by atoms with Gasteiger partial charge in [0, 0.05) is 36.0 Å². The number of rotatable bonds is 7. The molecule has 2 N–H and O–H groups in total. The van der Waals surface area contributed by atoms with E-state index in [1.165, 1.54) is 0 Å². The maximum Gasteiger partial charge on any atom is 0.251 e. The Bertz CT molecular complexity index is 818. The Morgan fingerprint density at radius 2 is 2.04 bits per heavy atom. The molecule has 0 radical (unpaired) electrons. The predicted molar refractivity (Wildman–Crippen MR) is 104 cm³/mol. The second-order valence-corrected chi connectivity index (χ2v) is 7.24.